The van der Waals surface area contributed by atoms with Gasteiger partial charge in [0, 0.05) is 11.6 Å². The minimum atomic E-state index is -0.513. The molecule has 0 fully saturated rings. The van der Waals surface area contributed by atoms with Crippen LogP contribution < -0.4 is 14.9 Å². The highest BCUT2D eigenvalue weighted by atomic mass is 16.7. The molecule has 8 nitrogen and oxygen atoms in total. The number of para-hydroxylation sites is 1. The Morgan fingerprint density at radius 3 is 2.83 bits per heavy atom. The summed E-state index contributed by atoms with van der Waals surface area (Å²) in [4.78, 5) is 22.4. The lowest BCUT2D eigenvalue weighted by atomic mass is 10.2. The number of hydrogen-bond donors (Lipinski definition) is 1. The van der Waals surface area contributed by atoms with E-state index in [1.54, 1.807) is 24.3 Å². The van der Waals surface area contributed by atoms with Crippen LogP contribution in [-0.2, 0) is 0 Å². The van der Waals surface area contributed by atoms with Gasteiger partial charge in [0.15, 0.2) is 11.5 Å². The normalized spacial score (nSPS) is 12.3. The molecule has 116 valence electrons. The lowest BCUT2D eigenvalue weighted by Crippen LogP contribution is -2.17. The number of hydrazone groups is 1. The van der Waals surface area contributed by atoms with Crippen LogP contribution in [0.25, 0.3) is 0 Å². The zero-order valence-electron chi connectivity index (χ0n) is 11.8. The van der Waals surface area contributed by atoms with Crippen LogP contribution in [0.4, 0.5) is 5.69 Å². The molecule has 8 heteroatoms. The summed E-state index contributed by atoms with van der Waals surface area (Å²) in [5.74, 6) is 0.600. The van der Waals surface area contributed by atoms with Gasteiger partial charge in [-0.15, -0.1) is 0 Å². The van der Waals surface area contributed by atoms with E-state index >= 15 is 0 Å². The number of nitro benzene ring substituents is 1. The monoisotopic (exact) mass is 313 g/mol. The van der Waals surface area contributed by atoms with Crippen molar-refractivity contribution in [3.05, 3.63) is 63.7 Å². The van der Waals surface area contributed by atoms with Crippen molar-refractivity contribution >= 4 is 17.8 Å². The van der Waals surface area contributed by atoms with E-state index < -0.39 is 10.8 Å². The Morgan fingerprint density at radius 2 is 2.00 bits per heavy atom. The minimum absolute atomic E-state index is 0.0893. The summed E-state index contributed by atoms with van der Waals surface area (Å²) in [5.41, 5.74) is 2.86. The highest BCUT2D eigenvalue weighted by molar-refractivity contribution is 5.95. The molecule has 2 aromatic carbocycles. The summed E-state index contributed by atoms with van der Waals surface area (Å²) in [6.07, 6.45) is 1.23. The van der Waals surface area contributed by atoms with E-state index in [4.69, 9.17) is 9.47 Å². The van der Waals surface area contributed by atoms with Gasteiger partial charge < -0.3 is 9.47 Å². The number of fused-ring (bicyclic) bond motifs is 1. The first-order valence-electron chi connectivity index (χ1n) is 6.61. The Bertz CT molecular complexity index is 803. The maximum Gasteiger partial charge on any atom is 0.278 e. The topological polar surface area (TPSA) is 103 Å². The van der Waals surface area contributed by atoms with E-state index in [0.717, 1.165) is 0 Å². The molecule has 0 aliphatic carbocycles. The van der Waals surface area contributed by atoms with Crippen molar-refractivity contribution in [2.45, 2.75) is 0 Å². The smallest absolute Gasteiger partial charge is 0.278 e. The number of nitrogens with one attached hydrogen (secondary N) is 1. The fraction of sp³-hybridized carbons (Fsp3) is 0.0667. The van der Waals surface area contributed by atoms with Crippen LogP contribution in [0.2, 0.25) is 0 Å². The van der Waals surface area contributed by atoms with Crippen LogP contribution in [0, 0.1) is 10.1 Å². The second-order valence-corrected chi connectivity index (χ2v) is 4.58. The second-order valence-electron chi connectivity index (χ2n) is 4.58. The molecule has 0 saturated heterocycles. The SMILES string of the molecule is O=C(NN=Cc1ccccc1[N+](=O)[O-])c1ccc2c(c1)OCO2. The number of benzene rings is 2. The van der Waals surface area contributed by atoms with E-state index in [1.807, 2.05) is 0 Å². The van der Waals surface area contributed by atoms with E-state index in [1.165, 1.54) is 24.4 Å². The van der Waals surface area contributed by atoms with Gasteiger partial charge in [0.25, 0.3) is 11.6 Å². The predicted molar refractivity (Wildman–Crippen MR) is 80.7 cm³/mol. The first-order valence-corrected chi connectivity index (χ1v) is 6.61. The molecular weight excluding hydrogens is 302 g/mol. The summed E-state index contributed by atoms with van der Waals surface area (Å²) in [5, 5.41) is 14.6. The molecule has 1 amide bonds. The van der Waals surface area contributed by atoms with Crippen molar-refractivity contribution in [1.82, 2.24) is 5.43 Å². The average molecular weight is 313 g/mol. The van der Waals surface area contributed by atoms with E-state index in [2.05, 4.69) is 10.5 Å². The lowest BCUT2D eigenvalue weighted by molar-refractivity contribution is -0.385. The predicted octanol–water partition coefficient (Wildman–Crippen LogP) is 2.09. The van der Waals surface area contributed by atoms with Crippen LogP contribution in [-0.4, -0.2) is 23.8 Å². The van der Waals surface area contributed by atoms with Gasteiger partial charge in [-0.05, 0) is 24.3 Å². The van der Waals surface area contributed by atoms with Gasteiger partial charge in [-0.3, -0.25) is 14.9 Å². The van der Waals surface area contributed by atoms with E-state index in [0.29, 0.717) is 22.6 Å². The van der Waals surface area contributed by atoms with Crippen molar-refractivity contribution in [3.63, 3.8) is 0 Å². The van der Waals surface area contributed by atoms with Crippen LogP contribution in [0.15, 0.2) is 47.6 Å². The number of nitro groups is 1. The molecule has 1 heterocycles. The van der Waals surface area contributed by atoms with Crippen molar-refractivity contribution in [3.8, 4) is 11.5 Å². The minimum Gasteiger partial charge on any atom is -0.454 e. The molecule has 0 unspecified atom stereocenters. The molecule has 2 aromatic rings. The summed E-state index contributed by atoms with van der Waals surface area (Å²) >= 11 is 0. The maximum absolute atomic E-state index is 12.0. The Balaban J connectivity index is 1.71. The highest BCUT2D eigenvalue weighted by Crippen LogP contribution is 2.32. The van der Waals surface area contributed by atoms with Crippen molar-refractivity contribution in [2.75, 3.05) is 6.79 Å². The van der Waals surface area contributed by atoms with Gasteiger partial charge >= 0.3 is 0 Å². The van der Waals surface area contributed by atoms with Crippen LogP contribution in [0.3, 0.4) is 0 Å². The number of carbonyl (C=O) groups excluding carboxylic acids is 1. The Kier molecular flexibility index (Phi) is 3.88. The number of hydrogen-bond acceptors (Lipinski definition) is 6. The van der Waals surface area contributed by atoms with Gasteiger partial charge in [-0.1, -0.05) is 12.1 Å². The van der Waals surface area contributed by atoms with Gasteiger partial charge in [0.1, 0.15) is 0 Å². The van der Waals surface area contributed by atoms with Crippen LogP contribution in [0.5, 0.6) is 11.5 Å². The summed E-state index contributed by atoms with van der Waals surface area (Å²) < 4.78 is 10.3. The average Bonchev–Trinajstić information content (AvgIpc) is 3.02. The fourth-order valence-corrected chi connectivity index (χ4v) is 2.03. The summed E-state index contributed by atoms with van der Waals surface area (Å²) in [6.45, 7) is 0.121. The van der Waals surface area contributed by atoms with Crippen LogP contribution >= 0.6 is 0 Å². The number of rotatable bonds is 4. The van der Waals surface area contributed by atoms with Crippen LogP contribution in [0.1, 0.15) is 15.9 Å². The molecule has 0 atom stereocenters. The third-order valence-corrected chi connectivity index (χ3v) is 3.14. The number of nitrogens with zero attached hydrogens (tertiary/aromatic N) is 2. The molecule has 1 aliphatic heterocycles. The van der Waals surface area contributed by atoms with Gasteiger partial charge in [-0.2, -0.15) is 5.10 Å². The quantitative estimate of drug-likeness (QED) is 0.529. The molecular formula is C15H11N3O5. The van der Waals surface area contributed by atoms with E-state index in [9.17, 15) is 14.9 Å². The van der Waals surface area contributed by atoms with Gasteiger partial charge in [0.05, 0.1) is 16.7 Å². The highest BCUT2D eigenvalue weighted by Gasteiger charge is 2.16. The van der Waals surface area contributed by atoms with Crippen molar-refractivity contribution in [1.29, 1.82) is 0 Å². The Morgan fingerprint density at radius 1 is 1.22 bits per heavy atom. The number of amides is 1. The first kappa shape index (κ1) is 14.5. The largest absolute Gasteiger partial charge is 0.454 e. The molecule has 0 radical (unpaired) electrons. The number of carbonyl (C=O) groups is 1. The van der Waals surface area contributed by atoms with Gasteiger partial charge in [-0.25, -0.2) is 5.43 Å². The Labute approximate surface area is 130 Å². The summed E-state index contributed by atoms with van der Waals surface area (Å²) in [6, 6.07) is 10.8. The van der Waals surface area contributed by atoms with Gasteiger partial charge in [0.2, 0.25) is 6.79 Å². The zero-order valence-corrected chi connectivity index (χ0v) is 11.8. The molecule has 23 heavy (non-hydrogen) atoms. The molecule has 0 saturated carbocycles. The molecule has 0 spiro atoms. The Hall–Kier alpha value is -3.42. The molecule has 1 N–H and O–H groups in total. The lowest BCUT2D eigenvalue weighted by Gasteiger charge is -2.01. The second kappa shape index (κ2) is 6.14. The summed E-state index contributed by atoms with van der Waals surface area (Å²) in [7, 11) is 0. The molecule has 0 bridgehead atoms. The van der Waals surface area contributed by atoms with Crippen molar-refractivity contribution < 1.29 is 19.2 Å². The fourth-order valence-electron chi connectivity index (χ4n) is 2.03. The third kappa shape index (κ3) is 3.10. The number of ether oxygens (including phenoxy) is 2. The molecule has 0 aromatic heterocycles. The zero-order chi connectivity index (χ0) is 16.2. The maximum atomic E-state index is 12.0. The first-order chi connectivity index (χ1) is 11.1. The third-order valence-electron chi connectivity index (χ3n) is 3.14. The van der Waals surface area contributed by atoms with E-state index in [-0.39, 0.29) is 12.5 Å². The van der Waals surface area contributed by atoms with Crippen molar-refractivity contribution in [2.24, 2.45) is 5.10 Å². The molecule has 3 rings (SSSR count). The standard InChI is InChI=1S/C15H11N3O5/c19-15(10-5-6-13-14(7-10)23-9-22-13)17-16-8-11-3-1-2-4-12(11)18(20)21/h1-8H,9H2,(H,17,19). The molecule has 1 aliphatic rings.